The SMILES string of the molecule is CSc1ccc(C(=O)NCCOCC(=O)O)o1. The molecule has 1 aromatic rings. The van der Waals surface area contributed by atoms with E-state index in [2.05, 4.69) is 5.32 Å². The van der Waals surface area contributed by atoms with E-state index in [0.717, 1.165) is 0 Å². The molecule has 94 valence electrons. The van der Waals surface area contributed by atoms with E-state index in [-0.39, 0.29) is 31.4 Å². The summed E-state index contributed by atoms with van der Waals surface area (Å²) < 4.78 is 9.96. The molecule has 0 saturated carbocycles. The molecule has 1 rings (SSSR count). The van der Waals surface area contributed by atoms with Crippen molar-refractivity contribution in [2.45, 2.75) is 5.09 Å². The molecular formula is C10H13NO5S. The van der Waals surface area contributed by atoms with Gasteiger partial charge in [0.1, 0.15) is 6.61 Å². The van der Waals surface area contributed by atoms with Crippen LogP contribution in [0.5, 0.6) is 0 Å². The van der Waals surface area contributed by atoms with Gasteiger partial charge in [0.25, 0.3) is 5.91 Å². The number of nitrogens with one attached hydrogen (secondary N) is 1. The summed E-state index contributed by atoms with van der Waals surface area (Å²) in [6.07, 6.45) is 1.85. The fraction of sp³-hybridized carbons (Fsp3) is 0.400. The van der Waals surface area contributed by atoms with E-state index >= 15 is 0 Å². The molecule has 6 nitrogen and oxygen atoms in total. The van der Waals surface area contributed by atoms with Crippen LogP contribution in [0, 0.1) is 0 Å². The Kier molecular flexibility index (Phi) is 5.58. The van der Waals surface area contributed by atoms with Gasteiger partial charge in [0.15, 0.2) is 10.9 Å². The van der Waals surface area contributed by atoms with Crippen molar-refractivity contribution < 1.29 is 23.8 Å². The number of thioether (sulfide) groups is 1. The van der Waals surface area contributed by atoms with Crippen molar-refractivity contribution in [3.63, 3.8) is 0 Å². The highest BCUT2D eigenvalue weighted by Crippen LogP contribution is 2.17. The number of amides is 1. The molecule has 0 aromatic carbocycles. The number of carboxylic acids is 1. The van der Waals surface area contributed by atoms with Crippen molar-refractivity contribution >= 4 is 23.6 Å². The molecule has 0 atom stereocenters. The zero-order chi connectivity index (χ0) is 12.7. The van der Waals surface area contributed by atoms with Crippen molar-refractivity contribution in [3.8, 4) is 0 Å². The predicted molar refractivity (Wildman–Crippen MR) is 61.3 cm³/mol. The normalized spacial score (nSPS) is 10.2. The van der Waals surface area contributed by atoms with Gasteiger partial charge in [-0.05, 0) is 18.4 Å². The predicted octanol–water partition coefficient (Wildman–Crippen LogP) is 0.833. The van der Waals surface area contributed by atoms with Gasteiger partial charge in [0.2, 0.25) is 0 Å². The molecule has 1 amide bonds. The fourth-order valence-electron chi connectivity index (χ4n) is 1.04. The van der Waals surface area contributed by atoms with Gasteiger partial charge in [-0.3, -0.25) is 4.79 Å². The third kappa shape index (κ3) is 4.92. The average molecular weight is 259 g/mol. The smallest absolute Gasteiger partial charge is 0.329 e. The minimum Gasteiger partial charge on any atom is -0.480 e. The molecule has 0 bridgehead atoms. The molecule has 1 aromatic heterocycles. The largest absolute Gasteiger partial charge is 0.480 e. The summed E-state index contributed by atoms with van der Waals surface area (Å²) >= 11 is 1.41. The standard InChI is InChI=1S/C10H13NO5S/c1-17-9-3-2-7(16-9)10(14)11-4-5-15-6-8(12)13/h2-3H,4-6H2,1H3,(H,11,14)(H,12,13). The van der Waals surface area contributed by atoms with Crippen molar-refractivity contribution in [1.82, 2.24) is 5.32 Å². The minimum absolute atomic E-state index is 0.147. The van der Waals surface area contributed by atoms with Crippen molar-refractivity contribution in [2.75, 3.05) is 26.0 Å². The summed E-state index contributed by atoms with van der Waals surface area (Å²) in [6, 6.07) is 3.29. The Balaban J connectivity index is 2.23. The molecule has 0 fully saturated rings. The van der Waals surface area contributed by atoms with Gasteiger partial charge in [-0.2, -0.15) is 0 Å². The van der Waals surface area contributed by atoms with Crippen molar-refractivity contribution in [3.05, 3.63) is 17.9 Å². The van der Waals surface area contributed by atoms with Crippen LogP contribution < -0.4 is 5.32 Å². The third-order valence-corrected chi connectivity index (χ3v) is 2.39. The number of rotatable bonds is 7. The first-order valence-corrected chi connectivity index (χ1v) is 6.07. The molecule has 17 heavy (non-hydrogen) atoms. The Morgan fingerprint density at radius 1 is 1.53 bits per heavy atom. The number of aliphatic carboxylic acids is 1. The van der Waals surface area contributed by atoms with Crippen LogP contribution in [0.1, 0.15) is 10.6 Å². The van der Waals surface area contributed by atoms with E-state index in [1.54, 1.807) is 12.1 Å². The van der Waals surface area contributed by atoms with Crippen molar-refractivity contribution in [1.29, 1.82) is 0 Å². The van der Waals surface area contributed by atoms with E-state index in [1.807, 2.05) is 6.26 Å². The maximum Gasteiger partial charge on any atom is 0.329 e. The number of furan rings is 1. The maximum atomic E-state index is 11.5. The van der Waals surface area contributed by atoms with Crippen LogP contribution in [0.4, 0.5) is 0 Å². The lowest BCUT2D eigenvalue weighted by Gasteiger charge is -2.02. The topological polar surface area (TPSA) is 88.8 Å². The van der Waals surface area contributed by atoms with Gasteiger partial charge in [-0.15, -0.1) is 0 Å². The van der Waals surface area contributed by atoms with E-state index in [0.29, 0.717) is 5.09 Å². The minimum atomic E-state index is -1.04. The Labute approximate surface area is 102 Å². The quantitative estimate of drug-likeness (QED) is 0.557. The van der Waals surface area contributed by atoms with Crippen LogP contribution in [0.3, 0.4) is 0 Å². The Hall–Kier alpha value is -1.47. The molecule has 0 saturated heterocycles. The molecule has 0 aliphatic rings. The highest BCUT2D eigenvalue weighted by Gasteiger charge is 2.09. The summed E-state index contributed by atoms with van der Waals surface area (Å²) in [6.45, 7) is 0.0167. The van der Waals surface area contributed by atoms with Gasteiger partial charge >= 0.3 is 5.97 Å². The first kappa shape index (κ1) is 13.6. The summed E-state index contributed by atoms with van der Waals surface area (Å²) in [7, 11) is 0. The maximum absolute atomic E-state index is 11.5. The molecular weight excluding hydrogens is 246 g/mol. The lowest BCUT2D eigenvalue weighted by molar-refractivity contribution is -0.142. The molecule has 7 heteroatoms. The molecule has 2 N–H and O–H groups in total. The zero-order valence-corrected chi connectivity index (χ0v) is 10.1. The molecule has 1 heterocycles. The number of hydrogen-bond acceptors (Lipinski definition) is 5. The molecule has 0 aliphatic carbocycles. The average Bonchev–Trinajstić information content (AvgIpc) is 2.76. The van der Waals surface area contributed by atoms with Crippen LogP contribution in [-0.4, -0.2) is 43.0 Å². The first-order valence-electron chi connectivity index (χ1n) is 4.85. The highest BCUT2D eigenvalue weighted by molar-refractivity contribution is 7.98. The van der Waals surface area contributed by atoms with E-state index in [4.69, 9.17) is 14.3 Å². The lowest BCUT2D eigenvalue weighted by Crippen LogP contribution is -2.27. The Morgan fingerprint density at radius 2 is 2.29 bits per heavy atom. The van der Waals surface area contributed by atoms with Crippen LogP contribution in [-0.2, 0) is 9.53 Å². The van der Waals surface area contributed by atoms with E-state index in [1.165, 1.54) is 11.8 Å². The second kappa shape index (κ2) is 6.97. The second-order valence-corrected chi connectivity index (χ2v) is 3.84. The lowest BCUT2D eigenvalue weighted by atomic mass is 10.4. The molecule has 0 spiro atoms. The first-order chi connectivity index (χ1) is 8.13. The molecule has 0 aliphatic heterocycles. The Morgan fingerprint density at radius 3 is 2.88 bits per heavy atom. The van der Waals surface area contributed by atoms with Crippen LogP contribution in [0.15, 0.2) is 21.6 Å². The molecule has 0 radical (unpaired) electrons. The highest BCUT2D eigenvalue weighted by atomic mass is 32.2. The van der Waals surface area contributed by atoms with Crippen LogP contribution >= 0.6 is 11.8 Å². The monoisotopic (exact) mass is 259 g/mol. The number of carbonyl (C=O) groups is 2. The summed E-state index contributed by atoms with van der Waals surface area (Å²) in [5.41, 5.74) is 0. The van der Waals surface area contributed by atoms with Gasteiger partial charge in [0, 0.05) is 6.54 Å². The fourth-order valence-corrected chi connectivity index (χ4v) is 1.41. The van der Waals surface area contributed by atoms with E-state index < -0.39 is 5.97 Å². The van der Waals surface area contributed by atoms with Crippen molar-refractivity contribution in [2.24, 2.45) is 0 Å². The van der Waals surface area contributed by atoms with Gasteiger partial charge in [0.05, 0.1) is 6.61 Å². The summed E-state index contributed by atoms with van der Waals surface area (Å²) in [5, 5.41) is 11.5. The number of carbonyl (C=O) groups excluding carboxylic acids is 1. The van der Waals surface area contributed by atoms with Gasteiger partial charge in [-0.1, -0.05) is 11.8 Å². The van der Waals surface area contributed by atoms with E-state index in [9.17, 15) is 9.59 Å². The van der Waals surface area contributed by atoms with Gasteiger partial charge in [-0.25, -0.2) is 4.79 Å². The summed E-state index contributed by atoms with van der Waals surface area (Å²) in [5.74, 6) is -1.15. The second-order valence-electron chi connectivity index (χ2n) is 3.03. The van der Waals surface area contributed by atoms with Gasteiger partial charge < -0.3 is 19.6 Å². The molecule has 0 unspecified atom stereocenters. The summed E-state index contributed by atoms with van der Waals surface area (Å²) in [4.78, 5) is 21.6. The number of carboxylic acid groups (broad SMARTS) is 1. The zero-order valence-electron chi connectivity index (χ0n) is 9.26. The number of hydrogen-bond donors (Lipinski definition) is 2. The third-order valence-electron chi connectivity index (χ3n) is 1.76. The number of ether oxygens (including phenoxy) is 1. The van der Waals surface area contributed by atoms with Crippen LogP contribution in [0.2, 0.25) is 0 Å². The van der Waals surface area contributed by atoms with Crippen LogP contribution in [0.25, 0.3) is 0 Å². The Bertz CT molecular complexity index is 390.